The lowest BCUT2D eigenvalue weighted by molar-refractivity contribution is 0.0628. The van der Waals surface area contributed by atoms with E-state index in [1.807, 2.05) is 36.1 Å². The molecule has 2 aromatic carbocycles. The zero-order chi connectivity index (χ0) is 20.9. The molecule has 3 aromatic rings. The average molecular weight is 423 g/mol. The van der Waals surface area contributed by atoms with Crippen molar-refractivity contribution in [1.82, 2.24) is 18.5 Å². The Labute approximate surface area is 181 Å². The molecule has 1 aromatic heterocycles. The van der Waals surface area contributed by atoms with Crippen LogP contribution < -0.4 is 4.74 Å². The highest BCUT2D eigenvalue weighted by molar-refractivity contribution is 6.99. The SMILES string of the molecule is Cc1ccc(CN2CCN(C(=O)c3ccc(OCc4nsnc4C)cc3)CC2)cc1. The molecule has 1 aliphatic heterocycles. The molecule has 0 bridgehead atoms. The van der Waals surface area contributed by atoms with Crippen molar-refractivity contribution in [3.63, 3.8) is 0 Å². The number of ether oxygens (including phenoxy) is 1. The molecule has 0 unspecified atom stereocenters. The Morgan fingerprint density at radius 2 is 1.67 bits per heavy atom. The maximum Gasteiger partial charge on any atom is 0.253 e. The summed E-state index contributed by atoms with van der Waals surface area (Å²) in [5.74, 6) is 0.804. The van der Waals surface area contributed by atoms with Gasteiger partial charge < -0.3 is 9.64 Å². The predicted octanol–water partition coefficient (Wildman–Crippen LogP) is 3.69. The van der Waals surface area contributed by atoms with E-state index in [1.54, 1.807) is 0 Å². The van der Waals surface area contributed by atoms with Gasteiger partial charge in [0.1, 0.15) is 18.1 Å². The minimum Gasteiger partial charge on any atom is -0.487 e. The highest BCUT2D eigenvalue weighted by Crippen LogP contribution is 2.17. The van der Waals surface area contributed by atoms with E-state index in [0.29, 0.717) is 12.2 Å². The Bertz CT molecular complexity index is 977. The van der Waals surface area contributed by atoms with Crippen molar-refractivity contribution >= 4 is 17.6 Å². The Kier molecular flexibility index (Phi) is 6.40. The number of benzene rings is 2. The zero-order valence-electron chi connectivity index (χ0n) is 17.4. The first kappa shape index (κ1) is 20.5. The Hall–Kier alpha value is -2.77. The fourth-order valence-electron chi connectivity index (χ4n) is 3.47. The van der Waals surface area contributed by atoms with Gasteiger partial charge in [-0.2, -0.15) is 8.75 Å². The lowest BCUT2D eigenvalue weighted by Gasteiger charge is -2.34. The highest BCUT2D eigenvalue weighted by Gasteiger charge is 2.22. The molecule has 0 N–H and O–H groups in total. The van der Waals surface area contributed by atoms with Gasteiger partial charge >= 0.3 is 0 Å². The molecule has 1 amide bonds. The van der Waals surface area contributed by atoms with Crippen molar-refractivity contribution in [1.29, 1.82) is 0 Å². The van der Waals surface area contributed by atoms with Gasteiger partial charge in [-0.05, 0) is 43.7 Å². The largest absolute Gasteiger partial charge is 0.487 e. The van der Waals surface area contributed by atoms with Gasteiger partial charge in [-0.25, -0.2) is 0 Å². The summed E-state index contributed by atoms with van der Waals surface area (Å²) in [6, 6.07) is 16.0. The summed E-state index contributed by atoms with van der Waals surface area (Å²) < 4.78 is 14.1. The van der Waals surface area contributed by atoms with E-state index in [9.17, 15) is 4.79 Å². The molecule has 1 aliphatic rings. The van der Waals surface area contributed by atoms with Crippen LogP contribution in [0.4, 0.5) is 0 Å². The molecule has 30 heavy (non-hydrogen) atoms. The van der Waals surface area contributed by atoms with Gasteiger partial charge in [0.05, 0.1) is 17.4 Å². The van der Waals surface area contributed by atoms with Crippen LogP contribution in [0.5, 0.6) is 5.75 Å². The molecule has 156 valence electrons. The van der Waals surface area contributed by atoms with E-state index in [4.69, 9.17) is 4.74 Å². The highest BCUT2D eigenvalue weighted by atomic mass is 32.1. The molecule has 1 saturated heterocycles. The molecule has 2 heterocycles. The normalized spacial score (nSPS) is 14.7. The van der Waals surface area contributed by atoms with Gasteiger partial charge in [0.25, 0.3) is 5.91 Å². The molecule has 0 spiro atoms. The summed E-state index contributed by atoms with van der Waals surface area (Å²) in [7, 11) is 0. The minimum atomic E-state index is 0.0797. The zero-order valence-corrected chi connectivity index (χ0v) is 18.2. The summed E-state index contributed by atoms with van der Waals surface area (Å²) in [5.41, 5.74) is 5.04. The molecule has 1 fully saturated rings. The lowest BCUT2D eigenvalue weighted by atomic mass is 10.1. The molecule has 4 rings (SSSR count). The number of hydrogen-bond acceptors (Lipinski definition) is 6. The first-order valence-electron chi connectivity index (χ1n) is 10.2. The van der Waals surface area contributed by atoms with Crippen molar-refractivity contribution in [2.24, 2.45) is 0 Å². The van der Waals surface area contributed by atoms with Gasteiger partial charge in [0.2, 0.25) is 0 Å². The van der Waals surface area contributed by atoms with Crippen LogP contribution in [0.1, 0.15) is 32.9 Å². The number of aromatic nitrogens is 2. The van der Waals surface area contributed by atoms with Crippen LogP contribution in [0, 0.1) is 13.8 Å². The van der Waals surface area contributed by atoms with E-state index < -0.39 is 0 Å². The van der Waals surface area contributed by atoms with Crippen LogP contribution in [0.2, 0.25) is 0 Å². The maximum absolute atomic E-state index is 12.9. The molecule has 0 saturated carbocycles. The number of amides is 1. The average Bonchev–Trinajstić information content (AvgIpc) is 3.19. The van der Waals surface area contributed by atoms with Crippen LogP contribution in [-0.2, 0) is 13.2 Å². The summed E-state index contributed by atoms with van der Waals surface area (Å²) in [5, 5.41) is 0. The third-order valence-electron chi connectivity index (χ3n) is 5.41. The Balaban J connectivity index is 1.27. The minimum absolute atomic E-state index is 0.0797. The first-order valence-corrected chi connectivity index (χ1v) is 10.9. The summed E-state index contributed by atoms with van der Waals surface area (Å²) in [6.45, 7) is 8.62. The maximum atomic E-state index is 12.9. The van der Waals surface area contributed by atoms with E-state index in [0.717, 1.165) is 49.9 Å². The van der Waals surface area contributed by atoms with E-state index in [2.05, 4.69) is 44.8 Å². The van der Waals surface area contributed by atoms with Crippen LogP contribution in [-0.4, -0.2) is 50.6 Å². The molecule has 7 heteroatoms. The number of aryl methyl sites for hydroxylation is 2. The topological polar surface area (TPSA) is 58.6 Å². The van der Waals surface area contributed by atoms with Crippen molar-refractivity contribution < 1.29 is 9.53 Å². The third-order valence-corrected chi connectivity index (χ3v) is 6.07. The van der Waals surface area contributed by atoms with Crippen LogP contribution >= 0.6 is 11.7 Å². The summed E-state index contributed by atoms with van der Waals surface area (Å²) in [6.07, 6.45) is 0. The van der Waals surface area contributed by atoms with Gasteiger partial charge in [-0.3, -0.25) is 9.69 Å². The van der Waals surface area contributed by atoms with Crippen LogP contribution in [0.15, 0.2) is 48.5 Å². The molecule has 0 aliphatic carbocycles. The molecule has 0 radical (unpaired) electrons. The second-order valence-corrected chi connectivity index (χ2v) is 8.19. The van der Waals surface area contributed by atoms with Gasteiger partial charge in [-0.1, -0.05) is 29.8 Å². The quantitative estimate of drug-likeness (QED) is 0.606. The van der Waals surface area contributed by atoms with Gasteiger partial charge in [-0.15, -0.1) is 0 Å². The molecular formula is C23H26N4O2S. The first-order chi connectivity index (χ1) is 14.6. The van der Waals surface area contributed by atoms with E-state index in [-0.39, 0.29) is 5.91 Å². The number of nitrogens with zero attached hydrogens (tertiary/aromatic N) is 4. The second kappa shape index (κ2) is 9.36. The fourth-order valence-corrected chi connectivity index (χ4v) is 4.02. The monoisotopic (exact) mass is 422 g/mol. The summed E-state index contributed by atoms with van der Waals surface area (Å²) in [4.78, 5) is 17.2. The Morgan fingerprint density at radius 1 is 0.967 bits per heavy atom. The molecular weight excluding hydrogens is 396 g/mol. The van der Waals surface area contributed by atoms with Crippen LogP contribution in [0.3, 0.4) is 0 Å². The Morgan fingerprint density at radius 3 is 2.30 bits per heavy atom. The number of piperazine rings is 1. The van der Waals surface area contributed by atoms with Crippen molar-refractivity contribution in [3.8, 4) is 5.75 Å². The van der Waals surface area contributed by atoms with Gasteiger partial charge in [0, 0.05) is 38.3 Å². The molecule has 0 atom stereocenters. The lowest BCUT2D eigenvalue weighted by Crippen LogP contribution is -2.48. The van der Waals surface area contributed by atoms with Gasteiger partial charge in [0.15, 0.2) is 0 Å². The number of rotatable bonds is 6. The predicted molar refractivity (Wildman–Crippen MR) is 118 cm³/mol. The second-order valence-electron chi connectivity index (χ2n) is 7.66. The standard InChI is InChI=1S/C23H26N4O2S/c1-17-3-5-19(6-4-17)15-26-11-13-27(14-12-26)23(28)20-7-9-21(10-8-20)29-16-22-18(2)24-30-25-22/h3-10H,11-16H2,1-2H3. The third kappa shape index (κ3) is 5.04. The van der Waals surface area contributed by atoms with E-state index >= 15 is 0 Å². The van der Waals surface area contributed by atoms with E-state index in [1.165, 1.54) is 22.9 Å². The number of carbonyl (C=O) groups is 1. The van der Waals surface area contributed by atoms with Crippen molar-refractivity contribution in [3.05, 3.63) is 76.6 Å². The van der Waals surface area contributed by atoms with Crippen LogP contribution in [0.25, 0.3) is 0 Å². The smallest absolute Gasteiger partial charge is 0.253 e. The van der Waals surface area contributed by atoms with Crippen molar-refractivity contribution in [2.75, 3.05) is 26.2 Å². The number of carbonyl (C=O) groups excluding carboxylic acids is 1. The number of hydrogen-bond donors (Lipinski definition) is 0. The fraction of sp³-hybridized carbons (Fsp3) is 0.348. The molecule has 6 nitrogen and oxygen atoms in total. The van der Waals surface area contributed by atoms with Crippen molar-refractivity contribution in [2.45, 2.75) is 27.0 Å². The summed E-state index contributed by atoms with van der Waals surface area (Å²) >= 11 is 1.19.